The van der Waals surface area contributed by atoms with Crippen molar-refractivity contribution >= 4 is 22.6 Å². The summed E-state index contributed by atoms with van der Waals surface area (Å²) in [6, 6.07) is 18.6. The zero-order valence-corrected chi connectivity index (χ0v) is 17.6. The number of piperidine rings is 1. The van der Waals surface area contributed by atoms with Gasteiger partial charge in [-0.3, -0.25) is 4.79 Å². The van der Waals surface area contributed by atoms with E-state index in [1.807, 2.05) is 30.3 Å². The van der Waals surface area contributed by atoms with Gasteiger partial charge in [0, 0.05) is 18.5 Å². The van der Waals surface area contributed by atoms with Gasteiger partial charge in [-0.05, 0) is 61.3 Å². The summed E-state index contributed by atoms with van der Waals surface area (Å²) in [5.74, 6) is 1.58. The van der Waals surface area contributed by atoms with Gasteiger partial charge in [-0.2, -0.15) is 0 Å². The van der Waals surface area contributed by atoms with Crippen molar-refractivity contribution < 1.29 is 4.79 Å². The minimum atomic E-state index is 0.00149. The van der Waals surface area contributed by atoms with Gasteiger partial charge in [-0.25, -0.2) is 4.98 Å². The molecular formula is C26H29N3O. The number of benzene rings is 2. The van der Waals surface area contributed by atoms with Crippen LogP contribution in [0.25, 0.3) is 10.9 Å². The Labute approximate surface area is 178 Å². The van der Waals surface area contributed by atoms with Crippen LogP contribution in [-0.4, -0.2) is 24.0 Å². The van der Waals surface area contributed by atoms with E-state index in [-0.39, 0.29) is 11.9 Å². The lowest BCUT2D eigenvalue weighted by Gasteiger charge is -2.32. The Kier molecular flexibility index (Phi) is 5.16. The van der Waals surface area contributed by atoms with Crippen LogP contribution in [0.1, 0.15) is 60.1 Å². The zero-order chi connectivity index (χ0) is 20.5. The maximum Gasteiger partial charge on any atom is 0.252 e. The SMILES string of the molecule is C[C@@H]1CCCN(c2cc(C(=O)N[C@@H]3CCCc4ccccc43)c3ccccc3n2)C1. The molecule has 1 aliphatic heterocycles. The molecule has 0 bridgehead atoms. The summed E-state index contributed by atoms with van der Waals surface area (Å²) < 4.78 is 0. The van der Waals surface area contributed by atoms with Gasteiger partial charge in [-0.1, -0.05) is 49.4 Å². The molecule has 0 unspecified atom stereocenters. The normalized spacial score (nSPS) is 21.3. The van der Waals surface area contributed by atoms with Gasteiger partial charge in [0.1, 0.15) is 5.82 Å². The van der Waals surface area contributed by atoms with Gasteiger partial charge in [0.25, 0.3) is 5.91 Å². The molecule has 2 aliphatic rings. The number of rotatable bonds is 3. The van der Waals surface area contributed by atoms with Crippen LogP contribution in [0.4, 0.5) is 5.82 Å². The van der Waals surface area contributed by atoms with Crippen LogP contribution in [0.5, 0.6) is 0 Å². The molecule has 0 spiro atoms. The number of hydrogen-bond acceptors (Lipinski definition) is 3. The second kappa shape index (κ2) is 8.10. The average Bonchev–Trinajstić information content (AvgIpc) is 2.78. The molecule has 154 valence electrons. The molecule has 30 heavy (non-hydrogen) atoms. The summed E-state index contributed by atoms with van der Waals surface area (Å²) in [4.78, 5) is 20.7. The summed E-state index contributed by atoms with van der Waals surface area (Å²) in [5, 5.41) is 4.26. The number of hydrogen-bond donors (Lipinski definition) is 1. The van der Waals surface area contributed by atoms with E-state index in [0.29, 0.717) is 5.92 Å². The second-order valence-corrected chi connectivity index (χ2v) is 8.86. The van der Waals surface area contributed by atoms with Gasteiger partial charge < -0.3 is 10.2 Å². The first-order chi connectivity index (χ1) is 14.7. The number of para-hydroxylation sites is 1. The quantitative estimate of drug-likeness (QED) is 0.652. The molecule has 1 N–H and O–H groups in total. The van der Waals surface area contributed by atoms with Crippen LogP contribution < -0.4 is 10.2 Å². The molecule has 1 fully saturated rings. The van der Waals surface area contributed by atoms with Crippen LogP contribution in [0, 0.1) is 5.92 Å². The number of carbonyl (C=O) groups excluding carboxylic acids is 1. The highest BCUT2D eigenvalue weighted by Crippen LogP contribution is 2.31. The Morgan fingerprint density at radius 3 is 2.80 bits per heavy atom. The maximum absolute atomic E-state index is 13.5. The van der Waals surface area contributed by atoms with Gasteiger partial charge in [-0.15, -0.1) is 0 Å². The number of fused-ring (bicyclic) bond motifs is 2. The van der Waals surface area contributed by atoms with Gasteiger partial charge in [0.05, 0.1) is 17.1 Å². The standard InChI is InChI=1S/C26H29N3O/c1-18-8-7-15-29(17-18)25-16-22(21-12-4-5-13-24(21)27-25)26(30)28-23-14-6-10-19-9-2-3-11-20(19)23/h2-5,9,11-13,16,18,23H,6-8,10,14-15,17H2,1H3,(H,28,30)/t18-,23-/m1/s1. The van der Waals surface area contributed by atoms with E-state index in [2.05, 4.69) is 41.4 Å². The van der Waals surface area contributed by atoms with E-state index >= 15 is 0 Å². The molecule has 0 saturated carbocycles. The molecule has 1 aromatic heterocycles. The highest BCUT2D eigenvalue weighted by Gasteiger charge is 2.24. The molecule has 4 heteroatoms. The number of amides is 1. The molecule has 1 amide bonds. The molecule has 2 atom stereocenters. The predicted molar refractivity (Wildman–Crippen MR) is 122 cm³/mol. The van der Waals surface area contributed by atoms with Gasteiger partial charge in [0.15, 0.2) is 0 Å². The topological polar surface area (TPSA) is 45.2 Å². The fourth-order valence-corrected chi connectivity index (χ4v) is 5.05. The first-order valence-corrected chi connectivity index (χ1v) is 11.2. The molecule has 3 aromatic rings. The predicted octanol–water partition coefficient (Wildman–Crippen LogP) is 5.28. The van der Waals surface area contributed by atoms with Crippen molar-refractivity contribution in [3.8, 4) is 0 Å². The molecule has 0 radical (unpaired) electrons. The van der Waals surface area contributed by atoms with Crippen LogP contribution in [0.3, 0.4) is 0 Å². The summed E-state index contributed by atoms with van der Waals surface area (Å²) in [6.45, 7) is 4.30. The van der Waals surface area contributed by atoms with E-state index in [1.165, 1.54) is 24.0 Å². The fraction of sp³-hybridized carbons (Fsp3) is 0.385. The van der Waals surface area contributed by atoms with E-state index in [4.69, 9.17) is 4.98 Å². The van der Waals surface area contributed by atoms with Crippen LogP contribution in [0.15, 0.2) is 54.6 Å². The van der Waals surface area contributed by atoms with E-state index < -0.39 is 0 Å². The molecule has 1 saturated heterocycles. The third kappa shape index (κ3) is 3.67. The highest BCUT2D eigenvalue weighted by atomic mass is 16.1. The summed E-state index contributed by atoms with van der Waals surface area (Å²) >= 11 is 0. The second-order valence-electron chi connectivity index (χ2n) is 8.86. The Morgan fingerprint density at radius 2 is 1.90 bits per heavy atom. The Balaban J connectivity index is 1.49. The molecule has 4 nitrogen and oxygen atoms in total. The van der Waals surface area contributed by atoms with E-state index in [1.54, 1.807) is 0 Å². The minimum Gasteiger partial charge on any atom is -0.356 e. The van der Waals surface area contributed by atoms with Crippen molar-refractivity contribution in [3.05, 3.63) is 71.3 Å². The van der Waals surface area contributed by atoms with Crippen molar-refractivity contribution in [2.45, 2.75) is 45.1 Å². The molecule has 5 rings (SSSR count). The summed E-state index contributed by atoms with van der Waals surface area (Å²) in [5.41, 5.74) is 4.25. The third-order valence-corrected chi connectivity index (χ3v) is 6.60. The Morgan fingerprint density at radius 1 is 1.07 bits per heavy atom. The largest absolute Gasteiger partial charge is 0.356 e. The van der Waals surface area contributed by atoms with E-state index in [0.717, 1.165) is 54.6 Å². The van der Waals surface area contributed by atoms with Gasteiger partial charge in [0.2, 0.25) is 0 Å². The molecule has 2 heterocycles. The smallest absolute Gasteiger partial charge is 0.252 e. The summed E-state index contributed by atoms with van der Waals surface area (Å²) in [6.07, 6.45) is 5.63. The van der Waals surface area contributed by atoms with Crippen molar-refractivity contribution in [2.24, 2.45) is 5.92 Å². The first kappa shape index (κ1) is 19.1. The number of nitrogens with zero attached hydrogens (tertiary/aromatic N) is 2. The Bertz CT molecular complexity index is 1080. The third-order valence-electron chi connectivity index (χ3n) is 6.60. The van der Waals surface area contributed by atoms with Crippen molar-refractivity contribution in [2.75, 3.05) is 18.0 Å². The monoisotopic (exact) mass is 399 g/mol. The first-order valence-electron chi connectivity index (χ1n) is 11.2. The fourth-order valence-electron chi connectivity index (χ4n) is 5.05. The Hall–Kier alpha value is -2.88. The highest BCUT2D eigenvalue weighted by molar-refractivity contribution is 6.07. The number of anilines is 1. The van der Waals surface area contributed by atoms with Crippen LogP contribution in [-0.2, 0) is 6.42 Å². The van der Waals surface area contributed by atoms with Crippen LogP contribution in [0.2, 0.25) is 0 Å². The lowest BCUT2D eigenvalue weighted by Crippen LogP contribution is -2.35. The number of nitrogens with one attached hydrogen (secondary N) is 1. The van der Waals surface area contributed by atoms with E-state index in [9.17, 15) is 4.79 Å². The van der Waals surface area contributed by atoms with Crippen molar-refractivity contribution in [1.82, 2.24) is 10.3 Å². The van der Waals surface area contributed by atoms with Gasteiger partial charge >= 0.3 is 0 Å². The molecule has 1 aliphatic carbocycles. The van der Waals surface area contributed by atoms with Crippen LogP contribution >= 0.6 is 0 Å². The lowest BCUT2D eigenvalue weighted by atomic mass is 9.87. The average molecular weight is 400 g/mol. The maximum atomic E-state index is 13.5. The number of aromatic nitrogens is 1. The lowest BCUT2D eigenvalue weighted by molar-refractivity contribution is 0.0934. The molecular weight excluding hydrogens is 370 g/mol. The molecule has 2 aromatic carbocycles. The summed E-state index contributed by atoms with van der Waals surface area (Å²) in [7, 11) is 0. The number of aryl methyl sites for hydroxylation is 1. The minimum absolute atomic E-state index is 0.00149. The zero-order valence-electron chi connectivity index (χ0n) is 17.6. The number of pyridine rings is 1. The number of carbonyl (C=O) groups is 1. The van der Waals surface area contributed by atoms with Crippen molar-refractivity contribution in [3.63, 3.8) is 0 Å². The van der Waals surface area contributed by atoms with Crippen molar-refractivity contribution in [1.29, 1.82) is 0 Å².